The number of carbonyl (C=O) groups excluding carboxylic acids is 3. The van der Waals surface area contributed by atoms with Gasteiger partial charge in [0, 0.05) is 19.3 Å². The predicted octanol–water partition coefficient (Wildman–Crippen LogP) is 15.8. The molecule has 0 aliphatic heterocycles. The Morgan fingerprint density at radius 2 is 0.589 bits per heavy atom. The van der Waals surface area contributed by atoms with Crippen LogP contribution >= 0.6 is 0 Å². The SMILES string of the molecule is CCCCCCCCCCCCCCCCCCC(=O)OC[C@H](COC(=O)CCCCCCCCCCCC(C)C)OC(=O)CCCCCCCCCC(C)C. The molecule has 6 heteroatoms. The van der Waals surface area contributed by atoms with Gasteiger partial charge in [-0.15, -0.1) is 0 Å². The van der Waals surface area contributed by atoms with Crippen LogP contribution in [-0.2, 0) is 28.6 Å². The number of esters is 3. The first kappa shape index (κ1) is 54.4. The van der Waals surface area contributed by atoms with Crippen molar-refractivity contribution in [1.29, 1.82) is 0 Å². The lowest BCUT2D eigenvalue weighted by atomic mass is 10.0. The minimum atomic E-state index is -0.761. The van der Waals surface area contributed by atoms with Crippen LogP contribution in [0.5, 0.6) is 0 Å². The summed E-state index contributed by atoms with van der Waals surface area (Å²) in [6.45, 7) is 11.3. The van der Waals surface area contributed by atoms with E-state index in [0.717, 1.165) is 69.6 Å². The van der Waals surface area contributed by atoms with E-state index >= 15 is 0 Å². The van der Waals surface area contributed by atoms with Crippen LogP contribution < -0.4 is 0 Å². The molecule has 0 saturated heterocycles. The highest BCUT2D eigenvalue weighted by molar-refractivity contribution is 5.71. The Labute approximate surface area is 348 Å². The molecule has 0 aliphatic rings. The number of carbonyl (C=O) groups is 3. The highest BCUT2D eigenvalue weighted by Gasteiger charge is 2.19. The standard InChI is InChI=1S/C50H96O6/c1-6-7-8-9-10-11-12-13-14-15-16-17-20-25-30-35-40-48(51)54-43-47(56-50(53)42-37-32-27-22-24-29-34-39-46(4)5)44-55-49(52)41-36-31-26-21-18-19-23-28-33-38-45(2)3/h45-47H,6-44H2,1-5H3/t47-/m1/s1. The fraction of sp³-hybridized carbons (Fsp3) is 0.940. The van der Waals surface area contributed by atoms with E-state index < -0.39 is 6.10 Å². The molecule has 332 valence electrons. The van der Waals surface area contributed by atoms with Gasteiger partial charge in [-0.25, -0.2) is 0 Å². The van der Waals surface area contributed by atoms with Gasteiger partial charge < -0.3 is 14.2 Å². The molecule has 0 spiro atoms. The molecule has 6 nitrogen and oxygen atoms in total. The first-order valence-corrected chi connectivity index (χ1v) is 24.7. The smallest absolute Gasteiger partial charge is 0.306 e. The molecule has 1 atom stereocenters. The normalized spacial score (nSPS) is 12.1. The Balaban J connectivity index is 4.28. The van der Waals surface area contributed by atoms with Crippen molar-refractivity contribution in [2.24, 2.45) is 11.8 Å². The highest BCUT2D eigenvalue weighted by Crippen LogP contribution is 2.17. The molecular formula is C50H96O6. The molecule has 0 aromatic rings. The summed E-state index contributed by atoms with van der Waals surface area (Å²) in [7, 11) is 0. The fourth-order valence-electron chi connectivity index (χ4n) is 7.46. The van der Waals surface area contributed by atoms with Crippen LogP contribution in [0.4, 0.5) is 0 Å². The van der Waals surface area contributed by atoms with E-state index in [1.54, 1.807) is 0 Å². The largest absolute Gasteiger partial charge is 0.462 e. The molecule has 0 heterocycles. The summed E-state index contributed by atoms with van der Waals surface area (Å²) >= 11 is 0. The molecule has 0 fully saturated rings. The topological polar surface area (TPSA) is 78.9 Å². The van der Waals surface area contributed by atoms with Crippen molar-refractivity contribution in [3.05, 3.63) is 0 Å². The van der Waals surface area contributed by atoms with Crippen molar-refractivity contribution in [2.75, 3.05) is 13.2 Å². The average Bonchev–Trinajstić information content (AvgIpc) is 3.16. The monoisotopic (exact) mass is 793 g/mol. The van der Waals surface area contributed by atoms with Crippen molar-refractivity contribution in [3.8, 4) is 0 Å². The molecule has 0 bridgehead atoms. The molecule has 0 unspecified atom stereocenters. The Morgan fingerprint density at radius 1 is 0.339 bits per heavy atom. The van der Waals surface area contributed by atoms with Crippen LogP contribution in [0, 0.1) is 11.8 Å². The van der Waals surface area contributed by atoms with Gasteiger partial charge >= 0.3 is 17.9 Å². The average molecular weight is 793 g/mol. The second-order valence-electron chi connectivity index (χ2n) is 18.1. The van der Waals surface area contributed by atoms with E-state index in [1.807, 2.05) is 0 Å². The summed E-state index contributed by atoms with van der Waals surface area (Å²) in [4.78, 5) is 37.8. The van der Waals surface area contributed by atoms with Gasteiger partial charge in [-0.2, -0.15) is 0 Å². The third-order valence-corrected chi connectivity index (χ3v) is 11.2. The Hall–Kier alpha value is -1.59. The lowest BCUT2D eigenvalue weighted by Crippen LogP contribution is -2.30. The summed E-state index contributed by atoms with van der Waals surface area (Å²) in [5.74, 6) is 0.731. The Morgan fingerprint density at radius 3 is 0.875 bits per heavy atom. The van der Waals surface area contributed by atoms with Gasteiger partial charge in [0.05, 0.1) is 0 Å². The molecule has 0 amide bonds. The van der Waals surface area contributed by atoms with Crippen LogP contribution in [0.15, 0.2) is 0 Å². The number of unbranched alkanes of at least 4 members (excludes halogenated alkanes) is 29. The van der Waals surface area contributed by atoms with Gasteiger partial charge in [0.25, 0.3) is 0 Å². The molecule has 0 aromatic heterocycles. The van der Waals surface area contributed by atoms with E-state index in [9.17, 15) is 14.4 Å². The second kappa shape index (κ2) is 43.0. The maximum absolute atomic E-state index is 12.7. The molecule has 0 aromatic carbocycles. The van der Waals surface area contributed by atoms with Crippen LogP contribution in [0.3, 0.4) is 0 Å². The van der Waals surface area contributed by atoms with Crippen LogP contribution in [0.25, 0.3) is 0 Å². The van der Waals surface area contributed by atoms with E-state index in [4.69, 9.17) is 14.2 Å². The van der Waals surface area contributed by atoms with Crippen molar-refractivity contribution in [1.82, 2.24) is 0 Å². The van der Waals surface area contributed by atoms with Crippen LogP contribution in [0.1, 0.15) is 272 Å². The molecule has 0 aliphatic carbocycles. The van der Waals surface area contributed by atoms with Gasteiger partial charge in [-0.3, -0.25) is 14.4 Å². The third-order valence-electron chi connectivity index (χ3n) is 11.2. The number of rotatable bonds is 44. The summed E-state index contributed by atoms with van der Waals surface area (Å²) in [6.07, 6.45) is 42.4. The van der Waals surface area contributed by atoms with Gasteiger partial charge in [0.2, 0.25) is 0 Å². The van der Waals surface area contributed by atoms with Crippen LogP contribution in [0.2, 0.25) is 0 Å². The van der Waals surface area contributed by atoms with E-state index in [1.165, 1.54) is 161 Å². The maximum Gasteiger partial charge on any atom is 0.306 e. The first-order valence-electron chi connectivity index (χ1n) is 24.7. The van der Waals surface area contributed by atoms with E-state index in [2.05, 4.69) is 34.6 Å². The molecule has 0 N–H and O–H groups in total. The summed E-state index contributed by atoms with van der Waals surface area (Å²) in [6, 6.07) is 0. The Bertz CT molecular complexity index is 854. The summed E-state index contributed by atoms with van der Waals surface area (Å²) < 4.78 is 16.8. The second-order valence-corrected chi connectivity index (χ2v) is 18.1. The molecule has 0 saturated carbocycles. The molecule has 0 radical (unpaired) electrons. The predicted molar refractivity (Wildman–Crippen MR) is 238 cm³/mol. The van der Waals surface area contributed by atoms with Crippen molar-refractivity contribution < 1.29 is 28.6 Å². The van der Waals surface area contributed by atoms with Crippen molar-refractivity contribution >= 4 is 17.9 Å². The van der Waals surface area contributed by atoms with Crippen LogP contribution in [-0.4, -0.2) is 37.2 Å². The van der Waals surface area contributed by atoms with Gasteiger partial charge in [0.15, 0.2) is 6.10 Å². The van der Waals surface area contributed by atoms with E-state index in [0.29, 0.717) is 19.3 Å². The van der Waals surface area contributed by atoms with Gasteiger partial charge in [-0.1, -0.05) is 234 Å². The van der Waals surface area contributed by atoms with Gasteiger partial charge in [-0.05, 0) is 31.1 Å². The minimum absolute atomic E-state index is 0.0649. The summed E-state index contributed by atoms with van der Waals surface area (Å²) in [5.41, 5.74) is 0. The first-order chi connectivity index (χ1) is 27.2. The third kappa shape index (κ3) is 43.5. The lowest BCUT2D eigenvalue weighted by Gasteiger charge is -2.18. The maximum atomic E-state index is 12.7. The molecule has 56 heavy (non-hydrogen) atoms. The zero-order valence-electron chi connectivity index (χ0n) is 38.3. The zero-order chi connectivity index (χ0) is 41.2. The molecular weight excluding hydrogens is 697 g/mol. The van der Waals surface area contributed by atoms with Gasteiger partial charge in [0.1, 0.15) is 13.2 Å². The van der Waals surface area contributed by atoms with E-state index in [-0.39, 0.29) is 31.1 Å². The minimum Gasteiger partial charge on any atom is -0.462 e. The quantitative estimate of drug-likeness (QED) is 0.0347. The molecule has 0 rings (SSSR count). The fourth-order valence-corrected chi connectivity index (χ4v) is 7.46. The zero-order valence-corrected chi connectivity index (χ0v) is 38.3. The van der Waals surface area contributed by atoms with Crippen molar-refractivity contribution in [2.45, 2.75) is 278 Å². The lowest BCUT2D eigenvalue weighted by molar-refractivity contribution is -0.167. The highest BCUT2D eigenvalue weighted by atomic mass is 16.6. The number of hydrogen-bond acceptors (Lipinski definition) is 6. The summed E-state index contributed by atoms with van der Waals surface area (Å²) in [5, 5.41) is 0. The number of hydrogen-bond donors (Lipinski definition) is 0. The Kier molecular flexibility index (Phi) is 41.8. The van der Waals surface area contributed by atoms with Crippen molar-refractivity contribution in [3.63, 3.8) is 0 Å². The number of ether oxygens (including phenoxy) is 3.